The van der Waals surface area contributed by atoms with E-state index in [1.54, 1.807) is 0 Å². The third kappa shape index (κ3) is 6.00. The van der Waals surface area contributed by atoms with Crippen molar-refractivity contribution < 1.29 is 19.1 Å². The zero-order chi connectivity index (χ0) is 25.6. The van der Waals surface area contributed by atoms with E-state index in [0.29, 0.717) is 18.4 Å². The number of halogens is 1. The molecule has 3 rings (SSSR count). The molecule has 1 heterocycles. The maximum absolute atomic E-state index is 13.2. The van der Waals surface area contributed by atoms with Gasteiger partial charge in [0.1, 0.15) is 0 Å². The Labute approximate surface area is 214 Å². The molecule has 1 fully saturated rings. The molecule has 7 nitrogen and oxygen atoms in total. The summed E-state index contributed by atoms with van der Waals surface area (Å²) in [6.07, 6.45) is 7.28. The number of methoxy groups -OCH3 is 2. The summed E-state index contributed by atoms with van der Waals surface area (Å²) in [5.41, 5.74) is 0.203. The van der Waals surface area contributed by atoms with E-state index >= 15 is 0 Å². The standard InChI is InChI=1S/C27H40ClN3O4/c1-6-17-31-18-29-27(26(33)35-5,16-15-23(32)34-4)25(31)21-9-7-19(8-10-21)24(30(2)3)20-11-13-22(28)14-12-20/h11-14,18-19,21,24-25H,6-10,15-17H2,1-5H3. The average molecular weight is 506 g/mol. The number of carbonyl (C=O) groups excluding carboxylic acids is 2. The van der Waals surface area contributed by atoms with Crippen LogP contribution in [0.15, 0.2) is 29.3 Å². The molecule has 0 radical (unpaired) electrons. The Kier molecular flexibility index (Phi) is 9.59. The lowest BCUT2D eigenvalue weighted by atomic mass is 9.69. The normalized spacial score (nSPS) is 27.2. The van der Waals surface area contributed by atoms with Gasteiger partial charge in [-0.05, 0) is 82.2 Å². The van der Waals surface area contributed by atoms with Gasteiger partial charge in [-0.15, -0.1) is 0 Å². The van der Waals surface area contributed by atoms with Crippen molar-refractivity contribution in [2.45, 2.75) is 69.5 Å². The highest BCUT2D eigenvalue weighted by molar-refractivity contribution is 6.30. The first-order valence-corrected chi connectivity index (χ1v) is 13.0. The molecule has 35 heavy (non-hydrogen) atoms. The number of carbonyl (C=O) groups is 2. The van der Waals surface area contributed by atoms with Crippen molar-refractivity contribution >= 4 is 29.9 Å². The van der Waals surface area contributed by atoms with E-state index in [1.165, 1.54) is 19.8 Å². The molecule has 1 aromatic carbocycles. The highest BCUT2D eigenvalue weighted by Gasteiger charge is 2.55. The van der Waals surface area contributed by atoms with E-state index in [4.69, 9.17) is 26.1 Å². The van der Waals surface area contributed by atoms with Crippen molar-refractivity contribution in [2.75, 3.05) is 34.9 Å². The summed E-state index contributed by atoms with van der Waals surface area (Å²) in [6.45, 7) is 2.94. The molecule has 8 heteroatoms. The third-order valence-corrected chi connectivity index (χ3v) is 7.97. The van der Waals surface area contributed by atoms with Crippen LogP contribution in [0.2, 0.25) is 5.02 Å². The maximum Gasteiger partial charge on any atom is 0.336 e. The summed E-state index contributed by atoms with van der Waals surface area (Å²) < 4.78 is 10.1. The second-order valence-electron chi connectivity index (χ2n) is 10.1. The predicted octanol–water partition coefficient (Wildman–Crippen LogP) is 4.74. The van der Waals surface area contributed by atoms with Crippen LogP contribution in [0, 0.1) is 11.8 Å². The van der Waals surface area contributed by atoms with Gasteiger partial charge in [0.15, 0.2) is 5.54 Å². The third-order valence-electron chi connectivity index (χ3n) is 7.72. The maximum atomic E-state index is 13.2. The number of ether oxygens (including phenoxy) is 2. The molecule has 0 N–H and O–H groups in total. The first kappa shape index (κ1) is 27.5. The lowest BCUT2D eigenvalue weighted by Crippen LogP contribution is -2.56. The van der Waals surface area contributed by atoms with Gasteiger partial charge in [-0.3, -0.25) is 9.79 Å². The summed E-state index contributed by atoms with van der Waals surface area (Å²) in [7, 11) is 7.04. The van der Waals surface area contributed by atoms with Crippen molar-refractivity contribution in [3.63, 3.8) is 0 Å². The Morgan fingerprint density at radius 2 is 1.80 bits per heavy atom. The quantitative estimate of drug-likeness (QED) is 0.428. The number of rotatable bonds is 10. The average Bonchev–Trinajstić information content (AvgIpc) is 3.23. The fourth-order valence-corrected chi connectivity index (χ4v) is 6.33. The molecule has 3 unspecified atom stereocenters. The molecule has 1 aliphatic heterocycles. The van der Waals surface area contributed by atoms with Gasteiger partial charge in [0.2, 0.25) is 0 Å². The Morgan fingerprint density at radius 1 is 1.14 bits per heavy atom. The first-order chi connectivity index (χ1) is 16.8. The number of benzene rings is 1. The summed E-state index contributed by atoms with van der Waals surface area (Å²) in [5, 5.41) is 0.748. The molecule has 194 valence electrons. The minimum atomic E-state index is -1.08. The van der Waals surface area contributed by atoms with E-state index in [-0.39, 0.29) is 30.3 Å². The van der Waals surface area contributed by atoms with E-state index in [1.807, 2.05) is 18.5 Å². The molecule has 2 aliphatic rings. The van der Waals surface area contributed by atoms with E-state index in [9.17, 15) is 9.59 Å². The van der Waals surface area contributed by atoms with Gasteiger partial charge < -0.3 is 19.3 Å². The van der Waals surface area contributed by atoms with Crippen LogP contribution in [0.5, 0.6) is 0 Å². The number of hydrogen-bond acceptors (Lipinski definition) is 7. The summed E-state index contributed by atoms with van der Waals surface area (Å²) in [4.78, 5) is 34.4. The van der Waals surface area contributed by atoms with Crippen molar-refractivity contribution in [3.8, 4) is 0 Å². The molecule has 0 amide bonds. The van der Waals surface area contributed by atoms with Crippen molar-refractivity contribution in [2.24, 2.45) is 16.8 Å². The van der Waals surface area contributed by atoms with Crippen LogP contribution in [-0.2, 0) is 19.1 Å². The minimum absolute atomic E-state index is 0.117. The Bertz CT molecular complexity index is 883. The first-order valence-electron chi connectivity index (χ1n) is 12.7. The Balaban J connectivity index is 1.82. The van der Waals surface area contributed by atoms with Crippen molar-refractivity contribution in [1.82, 2.24) is 9.80 Å². The predicted molar refractivity (Wildman–Crippen MR) is 139 cm³/mol. The lowest BCUT2D eigenvalue weighted by Gasteiger charge is -2.44. The highest BCUT2D eigenvalue weighted by atomic mass is 35.5. The smallest absolute Gasteiger partial charge is 0.336 e. The zero-order valence-corrected chi connectivity index (χ0v) is 22.5. The monoisotopic (exact) mass is 505 g/mol. The van der Waals surface area contributed by atoms with Crippen LogP contribution in [0.4, 0.5) is 0 Å². The molecule has 0 saturated heterocycles. The van der Waals surface area contributed by atoms with Crippen LogP contribution in [0.3, 0.4) is 0 Å². The topological polar surface area (TPSA) is 71.4 Å². The summed E-state index contributed by atoms with van der Waals surface area (Å²) in [5.74, 6) is 0.0874. The number of esters is 2. The minimum Gasteiger partial charge on any atom is -0.469 e. The molecule has 3 atom stereocenters. The molecule has 1 saturated carbocycles. The highest BCUT2D eigenvalue weighted by Crippen LogP contribution is 2.46. The Hall–Kier alpha value is -2.12. The van der Waals surface area contributed by atoms with E-state index in [0.717, 1.165) is 43.7 Å². The fraction of sp³-hybridized carbons (Fsp3) is 0.667. The van der Waals surface area contributed by atoms with E-state index in [2.05, 4.69) is 43.0 Å². The van der Waals surface area contributed by atoms with Gasteiger partial charge in [0.05, 0.1) is 26.6 Å². The molecule has 0 spiro atoms. The van der Waals surface area contributed by atoms with Crippen LogP contribution in [0.1, 0.15) is 63.5 Å². The summed E-state index contributed by atoms with van der Waals surface area (Å²) >= 11 is 6.13. The molecule has 1 aliphatic carbocycles. The van der Waals surface area contributed by atoms with Gasteiger partial charge in [-0.25, -0.2) is 4.79 Å². The second-order valence-corrected chi connectivity index (χ2v) is 10.5. The van der Waals surface area contributed by atoms with Gasteiger partial charge in [0, 0.05) is 24.0 Å². The molecule has 0 bridgehead atoms. The lowest BCUT2D eigenvalue weighted by molar-refractivity contribution is -0.151. The Morgan fingerprint density at radius 3 is 2.34 bits per heavy atom. The SMILES string of the molecule is CCCN1C=NC(CCC(=O)OC)(C(=O)OC)C1C1CCC(C(c2ccc(Cl)cc2)N(C)C)CC1. The number of hydrogen-bond donors (Lipinski definition) is 0. The van der Waals surface area contributed by atoms with Crippen LogP contribution in [0.25, 0.3) is 0 Å². The zero-order valence-electron chi connectivity index (χ0n) is 21.7. The molecular weight excluding hydrogens is 466 g/mol. The van der Waals surface area contributed by atoms with Gasteiger partial charge in [0.25, 0.3) is 0 Å². The van der Waals surface area contributed by atoms with E-state index < -0.39 is 5.54 Å². The fourth-order valence-electron chi connectivity index (χ4n) is 6.20. The van der Waals surface area contributed by atoms with Gasteiger partial charge >= 0.3 is 11.9 Å². The molecule has 0 aromatic heterocycles. The van der Waals surface area contributed by atoms with Gasteiger partial charge in [-0.1, -0.05) is 30.7 Å². The van der Waals surface area contributed by atoms with Crippen LogP contribution < -0.4 is 0 Å². The van der Waals surface area contributed by atoms with Crippen LogP contribution in [-0.4, -0.2) is 74.5 Å². The molecule has 1 aromatic rings. The largest absolute Gasteiger partial charge is 0.469 e. The molecular formula is C27H40ClN3O4. The number of aliphatic imine (C=N–C) groups is 1. The van der Waals surface area contributed by atoms with Crippen molar-refractivity contribution in [1.29, 1.82) is 0 Å². The second kappa shape index (κ2) is 12.2. The van der Waals surface area contributed by atoms with Gasteiger partial charge in [-0.2, -0.15) is 0 Å². The summed E-state index contributed by atoms with van der Waals surface area (Å²) in [6, 6.07) is 8.37. The van der Waals surface area contributed by atoms with Crippen molar-refractivity contribution in [3.05, 3.63) is 34.9 Å². The number of nitrogens with zero attached hydrogens (tertiary/aromatic N) is 3. The van der Waals surface area contributed by atoms with Crippen LogP contribution >= 0.6 is 11.6 Å².